The van der Waals surface area contributed by atoms with Crippen LogP contribution in [0.4, 0.5) is 0 Å². The molecule has 2 saturated heterocycles. The zero-order valence-electron chi connectivity index (χ0n) is 21.4. The number of aliphatic hydroxyl groups excluding tert-OH is 1. The van der Waals surface area contributed by atoms with Crippen LogP contribution in [-0.2, 0) is 25.4 Å². The highest BCUT2D eigenvalue weighted by Gasteiger charge is 2.50. The van der Waals surface area contributed by atoms with Gasteiger partial charge in [0, 0.05) is 47.6 Å². The van der Waals surface area contributed by atoms with E-state index in [1.807, 2.05) is 6.92 Å². The second kappa shape index (κ2) is 9.19. The maximum Gasteiger partial charge on any atom is 0.198 e. The van der Waals surface area contributed by atoms with Gasteiger partial charge in [-0.1, -0.05) is 18.2 Å². The van der Waals surface area contributed by atoms with E-state index in [1.54, 1.807) is 19.1 Å². The monoisotopic (exact) mass is 539 g/mol. The Hall–Kier alpha value is -3.19. The number of ketones is 3. The van der Waals surface area contributed by atoms with Crippen LogP contribution in [0.1, 0.15) is 74.4 Å². The van der Waals surface area contributed by atoms with Crippen molar-refractivity contribution in [3.05, 3.63) is 57.1 Å². The van der Waals surface area contributed by atoms with Crippen LogP contribution >= 0.6 is 0 Å². The van der Waals surface area contributed by atoms with Crippen molar-refractivity contribution in [2.24, 2.45) is 0 Å². The molecule has 0 radical (unpaired) electrons. The van der Waals surface area contributed by atoms with Gasteiger partial charge in [-0.05, 0) is 19.4 Å². The van der Waals surface area contributed by atoms with Gasteiger partial charge >= 0.3 is 0 Å². The normalized spacial score (nSPS) is 31.3. The minimum Gasteiger partial charge on any atom is -0.507 e. The molecule has 2 aromatic rings. The summed E-state index contributed by atoms with van der Waals surface area (Å²) in [6.45, 7) is 2.88. The number of benzene rings is 2. The van der Waals surface area contributed by atoms with E-state index < -0.39 is 65.4 Å². The quantitative estimate of drug-likeness (QED) is 0.299. The molecule has 39 heavy (non-hydrogen) atoms. The van der Waals surface area contributed by atoms with Gasteiger partial charge in [0.15, 0.2) is 23.6 Å². The molecule has 2 aliphatic carbocycles. The third-order valence-corrected chi connectivity index (χ3v) is 8.37. The van der Waals surface area contributed by atoms with Gasteiger partial charge in [-0.2, -0.15) is 0 Å². The average molecular weight is 540 g/mol. The number of hydrogen-bond acceptors (Lipinski definition) is 11. The first-order chi connectivity index (χ1) is 18.6. The number of phenols is 2. The average Bonchev–Trinajstić information content (AvgIpc) is 3.37. The maximum absolute atomic E-state index is 13.6. The highest BCUT2D eigenvalue weighted by atomic mass is 16.7. The third kappa shape index (κ3) is 3.84. The second-order valence-electron chi connectivity index (χ2n) is 10.7. The lowest BCUT2D eigenvalue weighted by molar-refractivity contribution is -0.244. The van der Waals surface area contributed by atoms with Crippen LogP contribution in [0, 0.1) is 6.92 Å². The summed E-state index contributed by atoms with van der Waals surface area (Å²) in [6, 6.07) is 4.67. The maximum atomic E-state index is 13.6. The second-order valence-corrected chi connectivity index (χ2v) is 10.7. The minimum absolute atomic E-state index is 0.00569. The fourth-order valence-corrected chi connectivity index (χ4v) is 6.44. The Morgan fingerprint density at radius 1 is 1.15 bits per heavy atom. The summed E-state index contributed by atoms with van der Waals surface area (Å²) in [6.07, 6.45) is -3.13. The molecule has 0 spiro atoms. The highest BCUT2D eigenvalue weighted by Crippen LogP contribution is 2.52. The number of carbonyl (C=O) groups excluding carboxylic acids is 3. The highest BCUT2D eigenvalue weighted by molar-refractivity contribution is 6.31. The molecule has 11 nitrogen and oxygen atoms in total. The van der Waals surface area contributed by atoms with Crippen molar-refractivity contribution < 1.29 is 49.0 Å². The van der Waals surface area contributed by atoms with E-state index >= 15 is 0 Å². The Morgan fingerprint density at radius 3 is 2.64 bits per heavy atom. The van der Waals surface area contributed by atoms with Gasteiger partial charge in [0.05, 0.1) is 30.1 Å². The molecule has 0 unspecified atom stereocenters. The van der Waals surface area contributed by atoms with E-state index in [4.69, 9.17) is 14.2 Å². The van der Waals surface area contributed by atoms with Crippen LogP contribution in [0.3, 0.4) is 0 Å². The molecule has 6 rings (SSSR count). The Kier molecular flexibility index (Phi) is 6.14. The molecular weight excluding hydrogens is 510 g/mol. The van der Waals surface area contributed by atoms with Gasteiger partial charge < -0.3 is 34.6 Å². The van der Waals surface area contributed by atoms with E-state index in [0.717, 1.165) is 0 Å². The summed E-state index contributed by atoms with van der Waals surface area (Å²) in [5.41, 5.74) is -2.28. The number of aryl methyl sites for hydroxylation is 1. The molecule has 5 N–H and O–H groups in total. The molecule has 11 heteroatoms. The molecule has 0 saturated carbocycles. The number of aromatic hydroxyl groups is 2. The van der Waals surface area contributed by atoms with E-state index in [-0.39, 0.29) is 52.5 Å². The zero-order chi connectivity index (χ0) is 27.8. The first-order valence-corrected chi connectivity index (χ1v) is 12.9. The van der Waals surface area contributed by atoms with Crippen LogP contribution in [0.25, 0.3) is 0 Å². The van der Waals surface area contributed by atoms with Crippen molar-refractivity contribution in [3.63, 3.8) is 0 Å². The topological polar surface area (TPSA) is 172 Å². The van der Waals surface area contributed by atoms with E-state index in [2.05, 4.69) is 5.32 Å². The smallest absolute Gasteiger partial charge is 0.198 e. The fraction of sp³-hybridized carbons (Fsp3) is 0.464. The number of ether oxygens (including phenoxy) is 3. The summed E-state index contributed by atoms with van der Waals surface area (Å²) in [7, 11) is 0. The lowest BCUT2D eigenvalue weighted by Gasteiger charge is -2.42. The van der Waals surface area contributed by atoms with Gasteiger partial charge in [0.1, 0.15) is 29.8 Å². The molecule has 0 aromatic heterocycles. The molecule has 2 heterocycles. The predicted molar refractivity (Wildman–Crippen MR) is 133 cm³/mol. The number of aliphatic hydroxyl groups is 2. The zero-order valence-corrected chi connectivity index (χ0v) is 21.4. The van der Waals surface area contributed by atoms with Crippen LogP contribution < -0.4 is 5.32 Å². The number of carbonyl (C=O) groups is 3. The predicted octanol–water partition coefficient (Wildman–Crippen LogP) is 0.927. The van der Waals surface area contributed by atoms with E-state index in [0.29, 0.717) is 18.7 Å². The third-order valence-electron chi connectivity index (χ3n) is 8.37. The Morgan fingerprint density at radius 2 is 1.90 bits per heavy atom. The number of fused-ring (bicyclic) bond motifs is 4. The van der Waals surface area contributed by atoms with Crippen LogP contribution in [-0.4, -0.2) is 81.3 Å². The number of rotatable bonds is 4. The van der Waals surface area contributed by atoms with E-state index in [1.165, 1.54) is 6.07 Å². The van der Waals surface area contributed by atoms with Gasteiger partial charge in [0.25, 0.3) is 0 Å². The summed E-state index contributed by atoms with van der Waals surface area (Å²) in [5.74, 6) is -3.38. The van der Waals surface area contributed by atoms with Gasteiger partial charge in [0.2, 0.25) is 0 Å². The van der Waals surface area contributed by atoms with Crippen molar-refractivity contribution in [2.75, 3.05) is 13.3 Å². The van der Waals surface area contributed by atoms with Crippen LogP contribution in [0.15, 0.2) is 18.2 Å². The summed E-state index contributed by atoms with van der Waals surface area (Å²) in [4.78, 5) is 39.8. The van der Waals surface area contributed by atoms with Crippen molar-refractivity contribution in [1.29, 1.82) is 0 Å². The standard InChI is InChI=1S/C28H29NO10/c1-11-4-3-5-13-19(11)25(34)22-21(23(13)32)24(33)14-7-28(36,17(31)9-30)8-16(20(14)26(22)35)39-18-6-15-27(12(2)38-18)37-10-29-15/h3-5,12,15-16,18,27,29-30,33,35-36H,6-10H2,1-2H3/t12-,15-,16-,18-,27+,28-/m0/s1. The number of hydrogen-bond donors (Lipinski definition) is 5. The first kappa shape index (κ1) is 26.1. The lowest BCUT2D eigenvalue weighted by atomic mass is 9.71. The van der Waals surface area contributed by atoms with Crippen molar-refractivity contribution in [2.45, 2.75) is 69.4 Å². The summed E-state index contributed by atoms with van der Waals surface area (Å²) in [5, 5.41) is 47.0. The molecule has 206 valence electrons. The van der Waals surface area contributed by atoms with E-state index in [9.17, 15) is 34.8 Å². The van der Waals surface area contributed by atoms with Gasteiger partial charge in [-0.15, -0.1) is 0 Å². The fourth-order valence-electron chi connectivity index (χ4n) is 6.44. The Balaban J connectivity index is 1.49. The van der Waals surface area contributed by atoms with Crippen molar-refractivity contribution in [1.82, 2.24) is 5.32 Å². The van der Waals surface area contributed by atoms with Crippen molar-refractivity contribution >= 4 is 17.3 Å². The Bertz CT molecular complexity index is 1420. The molecule has 6 atom stereocenters. The molecule has 2 aliphatic heterocycles. The SMILES string of the molecule is Cc1cccc2c1C(=O)c1c(O)c3c(c(O)c1C2=O)C[C@@](O)(C(=O)CO)C[C@@H]3O[C@H]1C[C@@H]2NCO[C@@H]2[C@H](C)O1. The summed E-state index contributed by atoms with van der Waals surface area (Å²) >= 11 is 0. The Labute approximate surface area is 223 Å². The molecule has 0 amide bonds. The van der Waals surface area contributed by atoms with Crippen LogP contribution in [0.2, 0.25) is 0 Å². The van der Waals surface area contributed by atoms with Gasteiger partial charge in [-0.25, -0.2) is 0 Å². The lowest BCUT2D eigenvalue weighted by Crippen LogP contribution is -2.51. The largest absolute Gasteiger partial charge is 0.507 e. The molecular formula is C28H29NO10. The number of nitrogens with one attached hydrogen (secondary N) is 1. The minimum atomic E-state index is -2.17. The number of Topliss-reactive ketones (excluding diaryl/α,β-unsaturated/α-hetero) is 1. The number of phenolic OH excluding ortho intramolecular Hbond substituents is 2. The molecule has 0 bridgehead atoms. The first-order valence-electron chi connectivity index (χ1n) is 12.9. The molecule has 2 aromatic carbocycles. The molecule has 2 fully saturated rings. The van der Waals surface area contributed by atoms with Gasteiger partial charge in [-0.3, -0.25) is 19.7 Å². The van der Waals surface area contributed by atoms with Crippen molar-refractivity contribution in [3.8, 4) is 11.5 Å². The molecule has 4 aliphatic rings. The summed E-state index contributed by atoms with van der Waals surface area (Å²) < 4.78 is 17.9. The van der Waals surface area contributed by atoms with Crippen LogP contribution in [0.5, 0.6) is 11.5 Å².